The molecule has 10 nitrogen and oxygen atoms in total. The number of nitrogens with one attached hydrogen (secondary N) is 1. The second-order valence-electron chi connectivity index (χ2n) is 6.28. The molecule has 1 aromatic carbocycles. The molecule has 3 aromatic rings. The Kier molecular flexibility index (Phi) is 6.96. The molecule has 11 heteroatoms. The summed E-state index contributed by atoms with van der Waals surface area (Å²) in [6, 6.07) is 7.34. The minimum absolute atomic E-state index is 0.0966. The summed E-state index contributed by atoms with van der Waals surface area (Å²) in [7, 11) is 0. The maximum atomic E-state index is 12.4. The molecule has 1 unspecified atom stereocenters. The number of amides is 2. The number of hydrogen-bond donors (Lipinski definition) is 2. The number of aromatic nitrogens is 2. The van der Waals surface area contributed by atoms with Crippen LogP contribution < -0.4 is 15.0 Å². The second kappa shape index (κ2) is 9.83. The lowest BCUT2D eigenvalue weighted by atomic mass is 10.1. The number of ether oxygens (including phenoxy) is 1. The number of nitrogens with zero attached hydrogens (tertiary/aromatic N) is 3. The van der Waals surface area contributed by atoms with Crippen LogP contribution in [-0.4, -0.2) is 46.7 Å². The zero-order chi connectivity index (χ0) is 21.5. The van der Waals surface area contributed by atoms with Gasteiger partial charge in [-0.2, -0.15) is 0 Å². The summed E-state index contributed by atoms with van der Waals surface area (Å²) in [5.41, 5.74) is 1.45. The lowest BCUT2D eigenvalue weighted by molar-refractivity contribution is -0.126. The van der Waals surface area contributed by atoms with Gasteiger partial charge < -0.3 is 19.7 Å². The Labute approximate surface area is 175 Å². The average Bonchev–Trinajstić information content (AvgIpc) is 3.46. The summed E-state index contributed by atoms with van der Waals surface area (Å²) in [6.45, 7) is 2.87. The summed E-state index contributed by atoms with van der Waals surface area (Å²) in [5.74, 6) is 0.0997. The van der Waals surface area contributed by atoms with Crippen LogP contribution in [0, 0.1) is 5.92 Å². The van der Waals surface area contributed by atoms with Crippen LogP contribution in [0.5, 0.6) is 5.75 Å². The van der Waals surface area contributed by atoms with Crippen molar-refractivity contribution in [2.75, 3.05) is 18.1 Å². The number of carbonyl (C=O) groups excluding carboxylic acids is 2. The molecule has 0 bridgehead atoms. The van der Waals surface area contributed by atoms with Gasteiger partial charge in [0.2, 0.25) is 11.8 Å². The zero-order valence-corrected chi connectivity index (χ0v) is 16.9. The molecule has 0 aliphatic carbocycles. The third kappa shape index (κ3) is 4.92. The van der Waals surface area contributed by atoms with Gasteiger partial charge in [0, 0.05) is 19.0 Å². The molecule has 1 aliphatic rings. The first kappa shape index (κ1) is 21.2. The van der Waals surface area contributed by atoms with Gasteiger partial charge in [0.15, 0.2) is 5.13 Å². The summed E-state index contributed by atoms with van der Waals surface area (Å²) >= 11 is 1.42. The molecule has 158 valence electrons. The second-order valence-corrected chi connectivity index (χ2v) is 7.29. The van der Waals surface area contributed by atoms with E-state index in [9.17, 15) is 9.59 Å². The standard InChI is InChI=1S/C18H18N4O4S.CH2O2/c1-2-25-13-3-4-14-15(8-13)27-18(20-14)22-10-11(7-16(22)23)17(24)19-9-12-5-6-26-21-12;2-1-3/h3-6,8,11H,2,7,9-10H2,1H3,(H,19,24);1H,(H,2,3). The van der Waals surface area contributed by atoms with Crippen molar-refractivity contribution in [2.24, 2.45) is 5.92 Å². The quantitative estimate of drug-likeness (QED) is 0.565. The molecule has 0 saturated carbocycles. The number of hydrogen-bond acceptors (Lipinski definition) is 8. The number of benzene rings is 1. The van der Waals surface area contributed by atoms with Crippen LogP contribution in [0.1, 0.15) is 19.0 Å². The molecule has 3 heterocycles. The molecule has 2 amide bonds. The van der Waals surface area contributed by atoms with Crippen molar-refractivity contribution in [3.8, 4) is 5.75 Å². The Morgan fingerprint density at radius 1 is 1.47 bits per heavy atom. The smallest absolute Gasteiger partial charge is 0.290 e. The summed E-state index contributed by atoms with van der Waals surface area (Å²) in [4.78, 5) is 39.3. The summed E-state index contributed by atoms with van der Waals surface area (Å²) in [5, 5.41) is 14.0. The third-order valence-corrected chi connectivity index (χ3v) is 5.36. The van der Waals surface area contributed by atoms with E-state index in [0.717, 1.165) is 16.0 Å². The zero-order valence-electron chi connectivity index (χ0n) is 16.1. The van der Waals surface area contributed by atoms with E-state index in [1.165, 1.54) is 17.6 Å². The molecule has 1 atom stereocenters. The molecule has 2 aromatic heterocycles. The van der Waals surface area contributed by atoms with Crippen LogP contribution in [0.2, 0.25) is 0 Å². The van der Waals surface area contributed by atoms with Gasteiger partial charge in [-0.25, -0.2) is 4.98 Å². The normalized spacial score (nSPS) is 15.6. The van der Waals surface area contributed by atoms with Gasteiger partial charge in [0.25, 0.3) is 6.47 Å². The SMILES string of the molecule is CCOc1ccc2nc(N3CC(C(=O)NCc4ccon4)CC3=O)sc2c1.O=CO. The minimum Gasteiger partial charge on any atom is -0.494 e. The molecule has 1 fully saturated rings. The monoisotopic (exact) mass is 432 g/mol. The predicted octanol–water partition coefficient (Wildman–Crippen LogP) is 2.05. The first-order chi connectivity index (χ1) is 14.5. The van der Waals surface area contributed by atoms with Gasteiger partial charge >= 0.3 is 0 Å². The van der Waals surface area contributed by atoms with Crippen molar-refractivity contribution >= 4 is 45.0 Å². The highest BCUT2D eigenvalue weighted by Crippen LogP contribution is 2.34. The van der Waals surface area contributed by atoms with Gasteiger partial charge in [0.1, 0.15) is 17.7 Å². The number of thiazole rings is 1. The maximum Gasteiger partial charge on any atom is 0.290 e. The van der Waals surface area contributed by atoms with E-state index in [2.05, 4.69) is 15.5 Å². The van der Waals surface area contributed by atoms with Crippen LogP contribution in [-0.2, 0) is 20.9 Å². The Balaban J connectivity index is 0.000000806. The van der Waals surface area contributed by atoms with E-state index >= 15 is 0 Å². The van der Waals surface area contributed by atoms with Crippen molar-refractivity contribution < 1.29 is 28.8 Å². The average molecular weight is 432 g/mol. The summed E-state index contributed by atoms with van der Waals surface area (Å²) in [6.07, 6.45) is 1.62. The Bertz CT molecular complexity index is 1020. The molecule has 30 heavy (non-hydrogen) atoms. The fourth-order valence-electron chi connectivity index (χ4n) is 2.98. The van der Waals surface area contributed by atoms with Crippen LogP contribution in [0.15, 0.2) is 35.1 Å². The van der Waals surface area contributed by atoms with Crippen molar-refractivity contribution in [1.29, 1.82) is 0 Å². The highest BCUT2D eigenvalue weighted by Gasteiger charge is 2.36. The van der Waals surface area contributed by atoms with E-state index < -0.39 is 5.92 Å². The highest BCUT2D eigenvalue weighted by molar-refractivity contribution is 7.22. The van der Waals surface area contributed by atoms with Gasteiger partial charge in [-0.05, 0) is 25.1 Å². The number of carbonyl (C=O) groups is 3. The van der Waals surface area contributed by atoms with Gasteiger partial charge in [-0.15, -0.1) is 0 Å². The lowest BCUT2D eigenvalue weighted by Crippen LogP contribution is -2.32. The summed E-state index contributed by atoms with van der Waals surface area (Å²) < 4.78 is 11.2. The lowest BCUT2D eigenvalue weighted by Gasteiger charge is -2.12. The molecule has 0 spiro atoms. The Morgan fingerprint density at radius 3 is 2.97 bits per heavy atom. The number of anilines is 1. The van der Waals surface area contributed by atoms with Crippen molar-refractivity contribution in [2.45, 2.75) is 19.9 Å². The van der Waals surface area contributed by atoms with Crippen molar-refractivity contribution in [1.82, 2.24) is 15.5 Å². The fraction of sp³-hybridized carbons (Fsp3) is 0.316. The number of fused-ring (bicyclic) bond motifs is 1. The van der Waals surface area contributed by atoms with E-state index in [1.54, 1.807) is 11.0 Å². The van der Waals surface area contributed by atoms with E-state index in [-0.39, 0.29) is 31.3 Å². The van der Waals surface area contributed by atoms with Crippen molar-refractivity contribution in [3.05, 3.63) is 36.2 Å². The predicted molar refractivity (Wildman–Crippen MR) is 108 cm³/mol. The molecular formula is C19H20N4O6S. The minimum atomic E-state index is -0.407. The van der Waals surface area contributed by atoms with Crippen LogP contribution in [0.25, 0.3) is 10.2 Å². The third-order valence-electron chi connectivity index (χ3n) is 4.32. The molecule has 0 radical (unpaired) electrons. The molecular weight excluding hydrogens is 412 g/mol. The van der Waals surface area contributed by atoms with Gasteiger partial charge in [-0.1, -0.05) is 16.5 Å². The number of carboxylic acid groups (broad SMARTS) is 1. The first-order valence-corrected chi connectivity index (χ1v) is 9.96. The van der Waals surface area contributed by atoms with Crippen LogP contribution in [0.3, 0.4) is 0 Å². The first-order valence-electron chi connectivity index (χ1n) is 9.14. The topological polar surface area (TPSA) is 135 Å². The van der Waals surface area contributed by atoms with Crippen LogP contribution >= 0.6 is 11.3 Å². The van der Waals surface area contributed by atoms with Gasteiger partial charge in [0.05, 0.1) is 29.3 Å². The van der Waals surface area contributed by atoms with E-state index in [4.69, 9.17) is 19.2 Å². The molecule has 2 N–H and O–H groups in total. The largest absolute Gasteiger partial charge is 0.494 e. The highest BCUT2D eigenvalue weighted by atomic mass is 32.1. The van der Waals surface area contributed by atoms with Crippen molar-refractivity contribution in [3.63, 3.8) is 0 Å². The molecule has 1 saturated heterocycles. The Hall–Kier alpha value is -3.47. The number of rotatable bonds is 6. The molecule has 1 aliphatic heterocycles. The van der Waals surface area contributed by atoms with Gasteiger partial charge in [-0.3, -0.25) is 19.3 Å². The van der Waals surface area contributed by atoms with E-state index in [1.807, 2.05) is 25.1 Å². The van der Waals surface area contributed by atoms with E-state index in [0.29, 0.717) is 24.0 Å². The maximum absolute atomic E-state index is 12.4. The van der Waals surface area contributed by atoms with Crippen LogP contribution in [0.4, 0.5) is 5.13 Å². The fourth-order valence-corrected chi connectivity index (χ4v) is 4.00. The molecule has 4 rings (SSSR count). The Morgan fingerprint density at radius 2 is 2.27 bits per heavy atom.